The van der Waals surface area contributed by atoms with Crippen LogP contribution in [0.4, 0.5) is 0 Å². The molecule has 2 aliphatic heterocycles. The van der Waals surface area contributed by atoms with Crippen molar-refractivity contribution in [1.82, 2.24) is 24.7 Å². The second kappa shape index (κ2) is 16.7. The summed E-state index contributed by atoms with van der Waals surface area (Å²) in [5, 5.41) is 0. The van der Waals surface area contributed by atoms with E-state index in [1.165, 1.54) is 11.1 Å². The Bertz CT molecular complexity index is 1360. The molecule has 3 heterocycles. The molecule has 3 aromatic rings. The van der Waals surface area contributed by atoms with Crippen molar-refractivity contribution in [3.8, 4) is 11.8 Å². The van der Waals surface area contributed by atoms with Gasteiger partial charge in [-0.15, -0.1) is 24.8 Å². The van der Waals surface area contributed by atoms with Crippen LogP contribution >= 0.6 is 24.8 Å². The lowest BCUT2D eigenvalue weighted by molar-refractivity contribution is -0.137. The Morgan fingerprint density at radius 3 is 2.13 bits per heavy atom. The molecule has 3 fully saturated rings. The number of hydrogen-bond donors (Lipinski definition) is 0. The summed E-state index contributed by atoms with van der Waals surface area (Å²) in [5.74, 6) is 2.77. The Labute approximate surface area is 285 Å². The fourth-order valence-electron chi connectivity index (χ4n) is 6.94. The quantitative estimate of drug-likeness (QED) is 0.261. The number of hydrogen-bond acceptors (Lipinski definition) is 8. The zero-order chi connectivity index (χ0) is 30.5. The monoisotopic (exact) mass is 671 g/mol. The highest BCUT2D eigenvalue weighted by atomic mass is 35.5. The van der Waals surface area contributed by atoms with Crippen molar-refractivity contribution in [2.24, 2.45) is 0 Å². The zero-order valence-electron chi connectivity index (χ0n) is 27.0. The van der Waals surface area contributed by atoms with Gasteiger partial charge in [-0.3, -0.25) is 14.6 Å². The molecule has 3 aliphatic rings. The van der Waals surface area contributed by atoms with E-state index in [0.717, 1.165) is 50.4 Å². The lowest BCUT2D eigenvalue weighted by Crippen LogP contribution is -2.67. The van der Waals surface area contributed by atoms with Crippen molar-refractivity contribution in [2.45, 2.75) is 56.7 Å². The number of carbonyl (C=O) groups is 1. The minimum atomic E-state index is 0. The van der Waals surface area contributed by atoms with Crippen LogP contribution < -0.4 is 9.47 Å². The van der Waals surface area contributed by atoms with E-state index < -0.39 is 0 Å². The molecule has 1 unspecified atom stereocenters. The van der Waals surface area contributed by atoms with E-state index in [4.69, 9.17) is 24.2 Å². The molecule has 6 rings (SSSR count). The van der Waals surface area contributed by atoms with Crippen LogP contribution in [0.15, 0.2) is 60.7 Å². The fourth-order valence-corrected chi connectivity index (χ4v) is 6.94. The van der Waals surface area contributed by atoms with E-state index in [2.05, 4.69) is 70.5 Å². The predicted molar refractivity (Wildman–Crippen MR) is 184 cm³/mol. The predicted octanol–water partition coefficient (Wildman–Crippen LogP) is 5.17. The summed E-state index contributed by atoms with van der Waals surface area (Å²) in [6.07, 6.45) is 2.63. The molecule has 1 aliphatic carbocycles. The maximum Gasteiger partial charge on any atom is 0.225 e. The maximum absolute atomic E-state index is 13.1. The molecule has 2 atom stereocenters. The van der Waals surface area contributed by atoms with Gasteiger partial charge in [0.2, 0.25) is 17.7 Å². The highest BCUT2D eigenvalue weighted by molar-refractivity contribution is 5.85. The highest BCUT2D eigenvalue weighted by Crippen LogP contribution is 2.41. The SMILES string of the molecule is CCOc1nc(C2CC2)nc(OC)c1CN1CC(C(c2ccccc2)c2ccccc2)N2CCN(C(=O)CCOC)C[C@H]2C1.Cl.Cl. The van der Waals surface area contributed by atoms with Crippen LogP contribution in [0.1, 0.15) is 60.5 Å². The Morgan fingerprint density at radius 2 is 1.54 bits per heavy atom. The molecule has 11 heteroatoms. The second-order valence-corrected chi connectivity index (χ2v) is 12.1. The first-order valence-electron chi connectivity index (χ1n) is 16.0. The van der Waals surface area contributed by atoms with Gasteiger partial charge < -0.3 is 19.1 Å². The average molecular weight is 673 g/mol. The number of nitrogens with zero attached hydrogens (tertiary/aromatic N) is 5. The summed E-state index contributed by atoms with van der Waals surface area (Å²) in [6, 6.07) is 22.1. The normalized spacial score (nSPS) is 20.0. The van der Waals surface area contributed by atoms with Gasteiger partial charge in [0.1, 0.15) is 5.82 Å². The first kappa shape index (κ1) is 35.9. The summed E-state index contributed by atoms with van der Waals surface area (Å²) in [6.45, 7) is 7.50. The summed E-state index contributed by atoms with van der Waals surface area (Å²) >= 11 is 0. The van der Waals surface area contributed by atoms with Gasteiger partial charge in [0.25, 0.3) is 0 Å². The molecular formula is C35H47Cl2N5O4. The molecule has 0 spiro atoms. The van der Waals surface area contributed by atoms with Crippen molar-refractivity contribution < 1.29 is 19.0 Å². The summed E-state index contributed by atoms with van der Waals surface area (Å²) in [4.78, 5) is 30.0. The third-order valence-corrected chi connectivity index (χ3v) is 9.19. The van der Waals surface area contributed by atoms with Crippen molar-refractivity contribution in [1.29, 1.82) is 0 Å². The number of amides is 1. The van der Waals surface area contributed by atoms with E-state index >= 15 is 0 Å². The number of methoxy groups -OCH3 is 2. The molecule has 0 N–H and O–H groups in total. The van der Waals surface area contributed by atoms with Crippen LogP contribution in [-0.2, 0) is 16.1 Å². The largest absolute Gasteiger partial charge is 0.481 e. The molecule has 250 valence electrons. The summed E-state index contributed by atoms with van der Waals surface area (Å²) < 4.78 is 17.2. The van der Waals surface area contributed by atoms with Crippen molar-refractivity contribution in [2.75, 3.05) is 60.2 Å². The smallest absolute Gasteiger partial charge is 0.225 e. The molecule has 46 heavy (non-hydrogen) atoms. The van der Waals surface area contributed by atoms with E-state index in [-0.39, 0.29) is 48.7 Å². The van der Waals surface area contributed by atoms with E-state index in [1.54, 1.807) is 14.2 Å². The maximum atomic E-state index is 13.1. The standard InChI is InChI=1S/C35H45N5O4.2ClH/c1-4-44-35-29(34(43-3)36-33(37-35)27-15-16-27)23-38-21-28-22-39(31(41)17-20-42-2)18-19-40(28)30(24-38)32(25-11-7-5-8-12-25)26-13-9-6-10-14-26;;/h5-14,27-28,30,32H,4,15-24H2,1-3H3;2*1H/t28-,30?;;/m1../s1. The van der Waals surface area contributed by atoms with Crippen LogP contribution in [0.5, 0.6) is 11.8 Å². The van der Waals surface area contributed by atoms with E-state index in [0.29, 0.717) is 50.4 Å². The van der Waals surface area contributed by atoms with Gasteiger partial charge in [0, 0.05) is 70.3 Å². The molecular weight excluding hydrogens is 625 g/mol. The molecule has 1 amide bonds. The summed E-state index contributed by atoms with van der Waals surface area (Å²) in [7, 11) is 3.33. The van der Waals surface area contributed by atoms with Gasteiger partial charge in [-0.2, -0.15) is 9.97 Å². The van der Waals surface area contributed by atoms with Gasteiger partial charge in [-0.25, -0.2) is 0 Å². The minimum Gasteiger partial charge on any atom is -0.481 e. The lowest BCUT2D eigenvalue weighted by atomic mass is 9.81. The van der Waals surface area contributed by atoms with Gasteiger partial charge in [-0.05, 0) is 30.9 Å². The van der Waals surface area contributed by atoms with Gasteiger partial charge in [-0.1, -0.05) is 60.7 Å². The second-order valence-electron chi connectivity index (χ2n) is 12.1. The number of fused-ring (bicyclic) bond motifs is 1. The average Bonchev–Trinajstić information content (AvgIpc) is 3.91. The Balaban J connectivity index is 0.00000240. The molecule has 1 saturated carbocycles. The van der Waals surface area contributed by atoms with E-state index in [1.807, 2.05) is 11.8 Å². The Kier molecular flexibility index (Phi) is 13.1. The first-order chi connectivity index (χ1) is 21.6. The van der Waals surface area contributed by atoms with Crippen LogP contribution in [-0.4, -0.2) is 103 Å². The highest BCUT2D eigenvalue weighted by Gasteiger charge is 2.43. The van der Waals surface area contributed by atoms with Gasteiger partial charge >= 0.3 is 0 Å². The lowest BCUT2D eigenvalue weighted by Gasteiger charge is -2.53. The van der Waals surface area contributed by atoms with Crippen LogP contribution in [0.2, 0.25) is 0 Å². The van der Waals surface area contributed by atoms with Crippen LogP contribution in [0.3, 0.4) is 0 Å². The molecule has 0 radical (unpaired) electrons. The zero-order valence-corrected chi connectivity index (χ0v) is 28.7. The third-order valence-electron chi connectivity index (χ3n) is 9.19. The molecule has 2 aromatic carbocycles. The molecule has 0 bridgehead atoms. The van der Waals surface area contributed by atoms with Crippen molar-refractivity contribution >= 4 is 30.7 Å². The van der Waals surface area contributed by atoms with Crippen molar-refractivity contribution in [3.05, 3.63) is 83.2 Å². The number of rotatable bonds is 12. The van der Waals surface area contributed by atoms with Gasteiger partial charge in [0.15, 0.2) is 0 Å². The number of piperazine rings is 2. The van der Waals surface area contributed by atoms with E-state index in [9.17, 15) is 4.79 Å². The van der Waals surface area contributed by atoms with Crippen molar-refractivity contribution in [3.63, 3.8) is 0 Å². The number of aromatic nitrogens is 2. The number of halogens is 2. The third kappa shape index (κ3) is 8.12. The topological polar surface area (TPSA) is 80.3 Å². The molecule has 9 nitrogen and oxygen atoms in total. The number of benzene rings is 2. The molecule has 1 aromatic heterocycles. The van der Waals surface area contributed by atoms with Gasteiger partial charge in [0.05, 0.1) is 32.3 Å². The van der Waals surface area contributed by atoms with Crippen LogP contribution in [0, 0.1) is 0 Å². The molecule has 2 saturated heterocycles. The first-order valence-corrected chi connectivity index (χ1v) is 16.0. The van der Waals surface area contributed by atoms with Crippen LogP contribution in [0.25, 0.3) is 0 Å². The number of ether oxygens (including phenoxy) is 3. The Hall–Kier alpha value is -2.95. The fraction of sp³-hybridized carbons (Fsp3) is 0.514. The number of carbonyl (C=O) groups excluding carboxylic acids is 1. The summed E-state index contributed by atoms with van der Waals surface area (Å²) in [5.41, 5.74) is 3.49. The Morgan fingerprint density at radius 1 is 0.891 bits per heavy atom. The minimum absolute atomic E-state index is 0.